The molecule has 5 heteroatoms. The van der Waals surface area contributed by atoms with Crippen molar-refractivity contribution in [1.29, 1.82) is 0 Å². The van der Waals surface area contributed by atoms with E-state index >= 15 is 0 Å². The summed E-state index contributed by atoms with van der Waals surface area (Å²) in [6, 6.07) is 17.7. The average Bonchev–Trinajstić information content (AvgIpc) is 3.25. The first-order chi connectivity index (χ1) is 16.1. The van der Waals surface area contributed by atoms with Crippen LogP contribution in [0.3, 0.4) is 0 Å². The number of β-amino-alcohol motifs (C(OH)–C–C–N with tert-alkyl or cyclic N) is 1. The zero-order valence-electron chi connectivity index (χ0n) is 20.0. The molecule has 0 radical (unpaired) electrons. The molecule has 33 heavy (non-hydrogen) atoms. The predicted octanol–water partition coefficient (Wildman–Crippen LogP) is 4.58. The van der Waals surface area contributed by atoms with Crippen LogP contribution in [-0.2, 0) is 6.54 Å². The molecule has 5 rings (SSSR count). The number of piperidine rings is 2. The number of rotatable bonds is 5. The van der Waals surface area contributed by atoms with E-state index in [2.05, 4.69) is 83.1 Å². The highest BCUT2D eigenvalue weighted by molar-refractivity contribution is 5.63. The third-order valence-electron chi connectivity index (χ3n) is 7.34. The molecular weight excluding hydrogens is 408 g/mol. The van der Waals surface area contributed by atoms with Gasteiger partial charge in [0, 0.05) is 36.5 Å². The highest BCUT2D eigenvalue weighted by atomic mass is 16.3. The standard InChI is InChI=1S/C28H36N4O/c1-21-10-11-22(2)27(17-21)32-19-24(28(29-32)23-7-4-3-5-8-23)18-30-15-12-25(13-16-30)31-14-6-9-26(33)20-31/h3-5,7-8,10-11,17,19,25-26,33H,6,9,12-16,18,20H2,1-2H3/t26-/m1/s1. The van der Waals surface area contributed by atoms with Crippen molar-refractivity contribution in [3.8, 4) is 16.9 Å². The van der Waals surface area contributed by atoms with Gasteiger partial charge < -0.3 is 5.11 Å². The number of likely N-dealkylation sites (tertiary alicyclic amines) is 2. The van der Waals surface area contributed by atoms with Gasteiger partial charge in [-0.25, -0.2) is 4.68 Å². The van der Waals surface area contributed by atoms with Crippen LogP contribution in [0.1, 0.15) is 42.4 Å². The smallest absolute Gasteiger partial charge is 0.0972 e. The van der Waals surface area contributed by atoms with Crippen LogP contribution < -0.4 is 0 Å². The Hall–Kier alpha value is -2.47. The van der Waals surface area contributed by atoms with E-state index in [4.69, 9.17) is 5.10 Å². The Morgan fingerprint density at radius 1 is 0.970 bits per heavy atom. The maximum absolute atomic E-state index is 10.1. The fourth-order valence-electron chi connectivity index (χ4n) is 5.45. The highest BCUT2D eigenvalue weighted by Gasteiger charge is 2.28. The molecule has 2 aliphatic heterocycles. The van der Waals surface area contributed by atoms with Crippen molar-refractivity contribution in [3.63, 3.8) is 0 Å². The van der Waals surface area contributed by atoms with Gasteiger partial charge in [0.15, 0.2) is 0 Å². The predicted molar refractivity (Wildman–Crippen MR) is 134 cm³/mol. The molecule has 3 heterocycles. The van der Waals surface area contributed by atoms with Crippen LogP contribution in [0, 0.1) is 13.8 Å². The molecule has 0 unspecified atom stereocenters. The third kappa shape index (κ3) is 5.06. The summed E-state index contributed by atoms with van der Waals surface area (Å²) in [5.41, 5.74) is 7.18. The van der Waals surface area contributed by atoms with Gasteiger partial charge in [0.1, 0.15) is 0 Å². The second-order valence-corrected chi connectivity index (χ2v) is 9.90. The molecule has 2 saturated heterocycles. The molecule has 1 N–H and O–H groups in total. The Bertz CT molecular complexity index is 1070. The van der Waals surface area contributed by atoms with Crippen LogP contribution in [0.15, 0.2) is 54.7 Å². The molecule has 1 atom stereocenters. The SMILES string of the molecule is Cc1ccc(C)c(-n2cc(CN3CCC(N4CCC[C@@H](O)C4)CC3)c(-c3ccccc3)n2)c1. The Labute approximate surface area is 197 Å². The summed E-state index contributed by atoms with van der Waals surface area (Å²) in [7, 11) is 0. The molecule has 5 nitrogen and oxygen atoms in total. The van der Waals surface area contributed by atoms with Gasteiger partial charge in [-0.3, -0.25) is 9.80 Å². The van der Waals surface area contributed by atoms with Gasteiger partial charge >= 0.3 is 0 Å². The van der Waals surface area contributed by atoms with Crippen molar-refractivity contribution in [1.82, 2.24) is 19.6 Å². The van der Waals surface area contributed by atoms with Crippen LogP contribution >= 0.6 is 0 Å². The molecule has 0 saturated carbocycles. The zero-order chi connectivity index (χ0) is 22.8. The highest BCUT2D eigenvalue weighted by Crippen LogP contribution is 2.28. The molecule has 0 amide bonds. The lowest BCUT2D eigenvalue weighted by molar-refractivity contribution is 0.0243. The maximum Gasteiger partial charge on any atom is 0.0972 e. The Morgan fingerprint density at radius 2 is 1.76 bits per heavy atom. The largest absolute Gasteiger partial charge is 0.392 e. The van der Waals surface area contributed by atoms with Gasteiger partial charge in [0.2, 0.25) is 0 Å². The van der Waals surface area contributed by atoms with E-state index in [0.29, 0.717) is 6.04 Å². The molecule has 1 aromatic heterocycles. The van der Waals surface area contributed by atoms with Crippen LogP contribution in [0.25, 0.3) is 16.9 Å². The fraction of sp³-hybridized carbons (Fsp3) is 0.464. The van der Waals surface area contributed by atoms with E-state index in [1.54, 1.807) is 0 Å². The summed E-state index contributed by atoms with van der Waals surface area (Å²) in [6.07, 6.45) is 6.54. The van der Waals surface area contributed by atoms with Crippen molar-refractivity contribution in [2.75, 3.05) is 26.2 Å². The molecule has 3 aromatic rings. The van der Waals surface area contributed by atoms with Crippen LogP contribution in [0.5, 0.6) is 0 Å². The quantitative estimate of drug-likeness (QED) is 0.626. The van der Waals surface area contributed by atoms with E-state index in [0.717, 1.165) is 56.9 Å². The van der Waals surface area contributed by atoms with E-state index in [-0.39, 0.29) is 6.10 Å². The van der Waals surface area contributed by atoms with E-state index in [9.17, 15) is 5.11 Å². The number of aromatic nitrogens is 2. The number of aryl methyl sites for hydroxylation is 2. The molecule has 0 aliphatic carbocycles. The van der Waals surface area contributed by atoms with Gasteiger partial charge in [-0.05, 0) is 76.4 Å². The Kier molecular flexibility index (Phi) is 6.63. The fourth-order valence-corrected chi connectivity index (χ4v) is 5.45. The summed E-state index contributed by atoms with van der Waals surface area (Å²) in [4.78, 5) is 5.10. The normalized spacial score (nSPS) is 20.9. The minimum atomic E-state index is -0.138. The van der Waals surface area contributed by atoms with Gasteiger partial charge in [0.25, 0.3) is 0 Å². The Balaban J connectivity index is 1.35. The summed E-state index contributed by atoms with van der Waals surface area (Å²) in [5.74, 6) is 0. The van der Waals surface area contributed by atoms with Gasteiger partial charge in [0.05, 0.1) is 17.5 Å². The summed E-state index contributed by atoms with van der Waals surface area (Å²) < 4.78 is 2.07. The molecule has 0 bridgehead atoms. The number of nitrogens with zero attached hydrogens (tertiary/aromatic N) is 4. The average molecular weight is 445 g/mol. The zero-order valence-corrected chi connectivity index (χ0v) is 20.0. The van der Waals surface area contributed by atoms with Crippen LogP contribution in [-0.4, -0.2) is 63.0 Å². The topological polar surface area (TPSA) is 44.5 Å². The minimum absolute atomic E-state index is 0.138. The number of hydrogen-bond acceptors (Lipinski definition) is 4. The van der Waals surface area contributed by atoms with Gasteiger partial charge in [-0.15, -0.1) is 0 Å². The number of aliphatic hydroxyl groups is 1. The first-order valence-electron chi connectivity index (χ1n) is 12.4. The number of benzene rings is 2. The first-order valence-corrected chi connectivity index (χ1v) is 12.4. The van der Waals surface area contributed by atoms with Crippen LogP contribution in [0.4, 0.5) is 0 Å². The molecule has 2 aromatic carbocycles. The van der Waals surface area contributed by atoms with Crippen molar-refractivity contribution in [2.45, 2.75) is 58.2 Å². The second kappa shape index (κ2) is 9.80. The van der Waals surface area contributed by atoms with Gasteiger partial charge in [-0.2, -0.15) is 5.10 Å². The van der Waals surface area contributed by atoms with Crippen molar-refractivity contribution >= 4 is 0 Å². The lowest BCUT2D eigenvalue weighted by atomic mass is 9.98. The molecule has 174 valence electrons. The number of hydrogen-bond donors (Lipinski definition) is 1. The third-order valence-corrected chi connectivity index (χ3v) is 7.34. The maximum atomic E-state index is 10.1. The van der Waals surface area contributed by atoms with E-state index in [1.165, 1.54) is 35.1 Å². The first kappa shape index (κ1) is 22.3. The van der Waals surface area contributed by atoms with E-state index < -0.39 is 0 Å². The summed E-state index contributed by atoms with van der Waals surface area (Å²) in [6.45, 7) is 9.40. The monoisotopic (exact) mass is 444 g/mol. The van der Waals surface area contributed by atoms with Crippen molar-refractivity contribution in [2.24, 2.45) is 0 Å². The van der Waals surface area contributed by atoms with Gasteiger partial charge in [-0.1, -0.05) is 42.5 Å². The molecular formula is C28H36N4O. The lowest BCUT2D eigenvalue weighted by Gasteiger charge is -2.41. The molecule has 2 aliphatic rings. The summed E-state index contributed by atoms with van der Waals surface area (Å²) >= 11 is 0. The van der Waals surface area contributed by atoms with Crippen molar-refractivity contribution < 1.29 is 5.11 Å². The lowest BCUT2D eigenvalue weighted by Crippen LogP contribution is -2.49. The van der Waals surface area contributed by atoms with E-state index in [1.807, 2.05) is 0 Å². The van der Waals surface area contributed by atoms with Crippen molar-refractivity contribution in [3.05, 3.63) is 71.4 Å². The molecule has 0 spiro atoms. The summed E-state index contributed by atoms with van der Waals surface area (Å²) in [5, 5.41) is 15.1. The number of aliphatic hydroxyl groups excluding tert-OH is 1. The second-order valence-electron chi connectivity index (χ2n) is 9.90. The molecule has 2 fully saturated rings. The van der Waals surface area contributed by atoms with Crippen LogP contribution in [0.2, 0.25) is 0 Å². The minimum Gasteiger partial charge on any atom is -0.392 e. The Morgan fingerprint density at radius 3 is 2.52 bits per heavy atom.